The number of carbonyl (C=O) groups is 1. The van der Waals surface area contributed by atoms with Crippen molar-refractivity contribution in [3.63, 3.8) is 0 Å². The van der Waals surface area contributed by atoms with Crippen LogP contribution in [0.3, 0.4) is 0 Å². The maximum atomic E-state index is 12.6. The number of pyridine rings is 1. The number of rotatable bonds is 4. The predicted octanol–water partition coefficient (Wildman–Crippen LogP) is 1.97. The van der Waals surface area contributed by atoms with E-state index in [9.17, 15) is 9.59 Å². The minimum atomic E-state index is -0.471. The molecule has 1 aromatic carbocycles. The van der Waals surface area contributed by atoms with Crippen molar-refractivity contribution in [3.8, 4) is 0 Å². The minimum Gasteiger partial charge on any atom is -0.267 e. The molecule has 0 spiro atoms. The summed E-state index contributed by atoms with van der Waals surface area (Å²) >= 11 is 0. The number of benzene rings is 1. The number of amides is 1. The summed E-state index contributed by atoms with van der Waals surface area (Å²) in [5.74, 6) is -0.471. The number of carbonyl (C=O) groups excluding carboxylic acids is 1. The van der Waals surface area contributed by atoms with Crippen molar-refractivity contribution in [3.05, 3.63) is 70.4 Å². The highest BCUT2D eigenvalue weighted by Crippen LogP contribution is 2.13. The zero-order valence-electron chi connectivity index (χ0n) is 13.9. The SMILES string of the molecule is CCn1nc(C(=O)N/N=C(/C)c2cccnc2)c2ccccc2c1=O. The van der Waals surface area contributed by atoms with E-state index < -0.39 is 5.91 Å². The normalized spacial score (nSPS) is 11.5. The molecule has 1 amide bonds. The van der Waals surface area contributed by atoms with Crippen molar-refractivity contribution >= 4 is 22.4 Å². The standard InChI is InChI=1S/C18H17N5O2/c1-3-23-18(25)15-9-5-4-8-14(15)16(22-23)17(24)21-20-12(2)13-7-6-10-19-11-13/h4-11H,3H2,1-2H3,(H,21,24)/b20-12-. The fourth-order valence-electron chi connectivity index (χ4n) is 2.45. The fraction of sp³-hybridized carbons (Fsp3) is 0.167. The average molecular weight is 335 g/mol. The van der Waals surface area contributed by atoms with Crippen LogP contribution in [0.25, 0.3) is 10.8 Å². The quantitative estimate of drug-likeness (QED) is 0.583. The van der Waals surface area contributed by atoms with Crippen LogP contribution >= 0.6 is 0 Å². The zero-order valence-corrected chi connectivity index (χ0v) is 13.9. The van der Waals surface area contributed by atoms with Gasteiger partial charge in [0.15, 0.2) is 5.69 Å². The molecule has 2 aromatic heterocycles. The molecule has 0 aliphatic carbocycles. The third kappa shape index (κ3) is 3.30. The summed E-state index contributed by atoms with van der Waals surface area (Å²) in [6.45, 7) is 3.95. The van der Waals surface area contributed by atoms with E-state index in [4.69, 9.17) is 0 Å². The van der Waals surface area contributed by atoms with Gasteiger partial charge in [-0.15, -0.1) is 0 Å². The van der Waals surface area contributed by atoms with Crippen LogP contribution < -0.4 is 11.0 Å². The summed E-state index contributed by atoms with van der Waals surface area (Å²) in [7, 11) is 0. The van der Waals surface area contributed by atoms with Crippen LogP contribution in [0.1, 0.15) is 29.9 Å². The van der Waals surface area contributed by atoms with Crippen molar-refractivity contribution in [2.45, 2.75) is 20.4 Å². The molecule has 0 saturated heterocycles. The van der Waals surface area contributed by atoms with Gasteiger partial charge < -0.3 is 0 Å². The maximum Gasteiger partial charge on any atom is 0.292 e. The van der Waals surface area contributed by atoms with Crippen molar-refractivity contribution in [1.29, 1.82) is 0 Å². The van der Waals surface area contributed by atoms with Gasteiger partial charge in [0.1, 0.15) is 0 Å². The van der Waals surface area contributed by atoms with Gasteiger partial charge in [-0.25, -0.2) is 10.1 Å². The van der Waals surface area contributed by atoms with Crippen molar-refractivity contribution < 1.29 is 4.79 Å². The lowest BCUT2D eigenvalue weighted by Crippen LogP contribution is -2.28. The van der Waals surface area contributed by atoms with Crippen LogP contribution in [0, 0.1) is 0 Å². The molecular formula is C18H17N5O2. The molecule has 0 bridgehead atoms. The van der Waals surface area contributed by atoms with Gasteiger partial charge in [-0.2, -0.15) is 10.2 Å². The Morgan fingerprint density at radius 2 is 1.96 bits per heavy atom. The largest absolute Gasteiger partial charge is 0.292 e. The highest BCUT2D eigenvalue weighted by Gasteiger charge is 2.15. The summed E-state index contributed by atoms with van der Waals surface area (Å²) in [4.78, 5) is 28.9. The summed E-state index contributed by atoms with van der Waals surface area (Å²) in [5, 5.41) is 9.24. The van der Waals surface area contributed by atoms with E-state index >= 15 is 0 Å². The number of nitrogens with one attached hydrogen (secondary N) is 1. The summed E-state index contributed by atoms with van der Waals surface area (Å²) in [6, 6.07) is 10.6. The number of hydrazone groups is 1. The molecule has 3 rings (SSSR count). The Morgan fingerprint density at radius 3 is 2.64 bits per heavy atom. The molecule has 2 heterocycles. The predicted molar refractivity (Wildman–Crippen MR) is 95.6 cm³/mol. The van der Waals surface area contributed by atoms with Crippen LogP contribution in [0.4, 0.5) is 0 Å². The Bertz CT molecular complexity index is 1010. The first-order chi connectivity index (χ1) is 12.1. The number of hydrogen-bond acceptors (Lipinski definition) is 5. The zero-order chi connectivity index (χ0) is 17.8. The van der Waals surface area contributed by atoms with Crippen molar-refractivity contribution in [2.75, 3.05) is 0 Å². The van der Waals surface area contributed by atoms with E-state index in [-0.39, 0.29) is 11.3 Å². The number of nitrogens with zero attached hydrogens (tertiary/aromatic N) is 4. The second kappa shape index (κ2) is 7.04. The average Bonchev–Trinajstić information content (AvgIpc) is 2.67. The molecule has 0 unspecified atom stereocenters. The summed E-state index contributed by atoms with van der Waals surface area (Å²) in [6.07, 6.45) is 3.33. The molecule has 126 valence electrons. The molecule has 0 fully saturated rings. The molecule has 0 aliphatic heterocycles. The van der Waals surface area contributed by atoms with E-state index in [2.05, 4.69) is 20.6 Å². The number of fused-ring (bicyclic) bond motifs is 1. The smallest absolute Gasteiger partial charge is 0.267 e. The van der Waals surface area contributed by atoms with Crippen molar-refractivity contribution in [2.24, 2.45) is 5.10 Å². The van der Waals surface area contributed by atoms with Gasteiger partial charge in [-0.3, -0.25) is 14.6 Å². The fourth-order valence-corrected chi connectivity index (χ4v) is 2.45. The van der Waals surface area contributed by atoms with E-state index in [0.29, 0.717) is 23.0 Å². The molecule has 0 saturated carbocycles. The van der Waals surface area contributed by atoms with Crippen LogP contribution in [-0.4, -0.2) is 26.4 Å². The van der Waals surface area contributed by atoms with Gasteiger partial charge in [0.05, 0.1) is 11.1 Å². The first-order valence-corrected chi connectivity index (χ1v) is 7.86. The lowest BCUT2D eigenvalue weighted by atomic mass is 10.1. The van der Waals surface area contributed by atoms with E-state index in [1.165, 1.54) is 4.68 Å². The molecule has 1 N–H and O–H groups in total. The van der Waals surface area contributed by atoms with Gasteiger partial charge in [0.25, 0.3) is 11.5 Å². The van der Waals surface area contributed by atoms with E-state index in [1.807, 2.05) is 6.07 Å². The van der Waals surface area contributed by atoms with E-state index in [0.717, 1.165) is 5.56 Å². The van der Waals surface area contributed by atoms with Gasteiger partial charge in [0.2, 0.25) is 0 Å². The van der Waals surface area contributed by atoms with Crippen LogP contribution in [0.5, 0.6) is 0 Å². The summed E-state index contributed by atoms with van der Waals surface area (Å²) < 4.78 is 1.27. The van der Waals surface area contributed by atoms with E-state index in [1.54, 1.807) is 56.6 Å². The number of aryl methyl sites for hydroxylation is 1. The number of aromatic nitrogens is 3. The second-order valence-corrected chi connectivity index (χ2v) is 5.39. The highest BCUT2D eigenvalue weighted by molar-refractivity contribution is 6.06. The van der Waals surface area contributed by atoms with Crippen molar-refractivity contribution in [1.82, 2.24) is 20.2 Å². The molecule has 0 atom stereocenters. The Kier molecular flexibility index (Phi) is 4.65. The lowest BCUT2D eigenvalue weighted by Gasteiger charge is -2.08. The Morgan fingerprint density at radius 1 is 1.20 bits per heavy atom. The Hall–Kier alpha value is -3.35. The Labute approximate surface area is 144 Å². The lowest BCUT2D eigenvalue weighted by molar-refractivity contribution is 0.0949. The minimum absolute atomic E-state index is 0.166. The first-order valence-electron chi connectivity index (χ1n) is 7.86. The third-order valence-electron chi connectivity index (χ3n) is 3.79. The van der Waals surface area contributed by atoms with Gasteiger partial charge in [-0.1, -0.05) is 24.3 Å². The molecule has 7 nitrogen and oxygen atoms in total. The molecule has 3 aromatic rings. The van der Waals surface area contributed by atoms with Gasteiger partial charge in [0, 0.05) is 29.9 Å². The van der Waals surface area contributed by atoms with Crippen LogP contribution in [-0.2, 0) is 6.54 Å². The first kappa shape index (κ1) is 16.5. The third-order valence-corrected chi connectivity index (χ3v) is 3.79. The molecule has 0 radical (unpaired) electrons. The second-order valence-electron chi connectivity index (χ2n) is 5.39. The monoisotopic (exact) mass is 335 g/mol. The highest BCUT2D eigenvalue weighted by atomic mass is 16.2. The number of hydrogen-bond donors (Lipinski definition) is 1. The van der Waals surface area contributed by atoms with Gasteiger partial charge >= 0.3 is 0 Å². The molecule has 7 heteroatoms. The maximum absolute atomic E-state index is 12.6. The van der Waals surface area contributed by atoms with Crippen LogP contribution in [0.2, 0.25) is 0 Å². The Balaban J connectivity index is 1.98. The molecular weight excluding hydrogens is 318 g/mol. The topological polar surface area (TPSA) is 89.2 Å². The van der Waals surface area contributed by atoms with Crippen LogP contribution in [0.15, 0.2) is 58.7 Å². The molecule has 25 heavy (non-hydrogen) atoms. The van der Waals surface area contributed by atoms with Gasteiger partial charge in [-0.05, 0) is 26.0 Å². The summed E-state index contributed by atoms with van der Waals surface area (Å²) in [5.41, 5.74) is 3.88. The molecule has 0 aliphatic rings.